The minimum atomic E-state index is -0.481. The van der Waals surface area contributed by atoms with Crippen molar-refractivity contribution in [2.75, 3.05) is 13.1 Å². The van der Waals surface area contributed by atoms with E-state index in [9.17, 15) is 9.59 Å². The third-order valence-corrected chi connectivity index (χ3v) is 2.84. The molecule has 1 aliphatic rings. The Kier molecular flexibility index (Phi) is 5.35. The highest BCUT2D eigenvalue weighted by Crippen LogP contribution is 2.20. The van der Waals surface area contributed by atoms with Crippen LogP contribution in [0.4, 0.5) is 0 Å². The van der Waals surface area contributed by atoms with Gasteiger partial charge in [0, 0.05) is 6.04 Å². The molecule has 0 spiro atoms. The van der Waals surface area contributed by atoms with Crippen LogP contribution in [-0.2, 0) is 14.3 Å². The zero-order chi connectivity index (χ0) is 14.6. The van der Waals surface area contributed by atoms with Crippen LogP contribution in [0.25, 0.3) is 0 Å². The Balaban J connectivity index is 2.54. The average molecular weight is 270 g/mol. The van der Waals surface area contributed by atoms with Gasteiger partial charge in [-0.1, -0.05) is 0 Å². The summed E-state index contributed by atoms with van der Waals surface area (Å²) < 4.78 is 5.40. The first-order chi connectivity index (χ1) is 8.69. The standard InChI is InChI=1S/C14H26N2O3/c1-10(2)15-12(17)9-16-8-6-7-11(16)13(18)19-14(3,4)5/h10-11H,6-9H2,1-5H3,(H,15,17)/t11-/m1/s1. The van der Waals surface area contributed by atoms with Gasteiger partial charge in [0.05, 0.1) is 6.54 Å². The number of hydrogen-bond acceptors (Lipinski definition) is 4. The second kappa shape index (κ2) is 6.37. The largest absolute Gasteiger partial charge is 0.459 e. The third-order valence-electron chi connectivity index (χ3n) is 2.84. The van der Waals surface area contributed by atoms with Crippen LogP contribution in [0, 0.1) is 0 Å². The number of rotatable bonds is 4. The van der Waals surface area contributed by atoms with E-state index in [0.29, 0.717) is 0 Å². The monoisotopic (exact) mass is 270 g/mol. The van der Waals surface area contributed by atoms with E-state index in [0.717, 1.165) is 19.4 Å². The molecule has 0 saturated carbocycles. The maximum atomic E-state index is 12.1. The summed E-state index contributed by atoms with van der Waals surface area (Å²) in [4.78, 5) is 25.7. The number of carbonyl (C=O) groups excluding carboxylic acids is 2. The summed E-state index contributed by atoms with van der Waals surface area (Å²) >= 11 is 0. The molecule has 1 aliphatic heterocycles. The Morgan fingerprint density at radius 3 is 2.53 bits per heavy atom. The number of esters is 1. The second-order valence-corrected chi connectivity index (χ2v) is 6.38. The molecule has 1 N–H and O–H groups in total. The van der Waals surface area contributed by atoms with Crippen molar-refractivity contribution in [1.29, 1.82) is 0 Å². The van der Waals surface area contributed by atoms with Crippen LogP contribution in [0.2, 0.25) is 0 Å². The summed E-state index contributed by atoms with van der Waals surface area (Å²) in [5.74, 6) is -0.257. The smallest absolute Gasteiger partial charge is 0.323 e. The van der Waals surface area contributed by atoms with Gasteiger partial charge in [0.2, 0.25) is 5.91 Å². The number of carbonyl (C=O) groups is 2. The number of hydrogen-bond donors (Lipinski definition) is 1. The maximum absolute atomic E-state index is 12.1. The molecule has 5 heteroatoms. The molecule has 1 atom stereocenters. The molecule has 0 bridgehead atoms. The van der Waals surface area contributed by atoms with E-state index in [1.807, 2.05) is 39.5 Å². The van der Waals surface area contributed by atoms with Crippen molar-refractivity contribution >= 4 is 11.9 Å². The number of amides is 1. The van der Waals surface area contributed by atoms with Crippen molar-refractivity contribution in [3.05, 3.63) is 0 Å². The first kappa shape index (κ1) is 16.0. The van der Waals surface area contributed by atoms with Gasteiger partial charge in [0.1, 0.15) is 11.6 Å². The van der Waals surface area contributed by atoms with Crippen LogP contribution in [-0.4, -0.2) is 47.6 Å². The molecule has 0 radical (unpaired) electrons. The molecule has 0 aromatic carbocycles. The van der Waals surface area contributed by atoms with Crippen LogP contribution in [0.3, 0.4) is 0 Å². The fourth-order valence-corrected chi connectivity index (χ4v) is 2.20. The lowest BCUT2D eigenvalue weighted by atomic mass is 10.1. The van der Waals surface area contributed by atoms with Crippen LogP contribution in [0.1, 0.15) is 47.5 Å². The number of likely N-dealkylation sites (tertiary alicyclic amines) is 1. The van der Waals surface area contributed by atoms with Gasteiger partial charge >= 0.3 is 5.97 Å². The topological polar surface area (TPSA) is 58.6 Å². The summed E-state index contributed by atoms with van der Waals surface area (Å²) in [6.07, 6.45) is 1.70. The average Bonchev–Trinajstić information content (AvgIpc) is 2.61. The molecule has 1 fully saturated rings. The summed E-state index contributed by atoms with van der Waals surface area (Å²) in [5, 5.41) is 2.84. The quantitative estimate of drug-likeness (QED) is 0.783. The second-order valence-electron chi connectivity index (χ2n) is 6.38. The number of nitrogens with zero attached hydrogens (tertiary/aromatic N) is 1. The molecule has 1 saturated heterocycles. The zero-order valence-electron chi connectivity index (χ0n) is 12.7. The van der Waals surface area contributed by atoms with E-state index in [4.69, 9.17) is 4.74 Å². The van der Waals surface area contributed by atoms with Gasteiger partial charge in [0.15, 0.2) is 0 Å². The summed E-state index contributed by atoms with van der Waals surface area (Å²) in [7, 11) is 0. The van der Waals surface area contributed by atoms with Crippen molar-refractivity contribution in [2.24, 2.45) is 0 Å². The minimum Gasteiger partial charge on any atom is -0.459 e. The molecular formula is C14H26N2O3. The molecule has 0 aromatic rings. The van der Waals surface area contributed by atoms with Gasteiger partial charge in [-0.25, -0.2) is 0 Å². The Morgan fingerprint density at radius 1 is 1.37 bits per heavy atom. The van der Waals surface area contributed by atoms with E-state index in [-0.39, 0.29) is 30.5 Å². The predicted molar refractivity (Wildman–Crippen MR) is 73.7 cm³/mol. The minimum absolute atomic E-state index is 0.0366. The van der Waals surface area contributed by atoms with Gasteiger partial charge in [-0.2, -0.15) is 0 Å². The van der Waals surface area contributed by atoms with E-state index in [2.05, 4.69) is 5.32 Å². The van der Waals surface area contributed by atoms with Crippen molar-refractivity contribution in [3.8, 4) is 0 Å². The summed E-state index contributed by atoms with van der Waals surface area (Å²) in [5.41, 5.74) is -0.481. The third kappa shape index (κ3) is 5.59. The molecule has 1 heterocycles. The molecule has 19 heavy (non-hydrogen) atoms. The van der Waals surface area contributed by atoms with Crippen LogP contribution in [0.15, 0.2) is 0 Å². The molecule has 0 aromatic heterocycles. The van der Waals surface area contributed by atoms with E-state index in [1.165, 1.54) is 0 Å². The first-order valence-electron chi connectivity index (χ1n) is 6.95. The molecule has 110 valence electrons. The highest BCUT2D eigenvalue weighted by molar-refractivity contribution is 5.81. The van der Waals surface area contributed by atoms with Crippen molar-refractivity contribution in [2.45, 2.75) is 65.1 Å². The van der Waals surface area contributed by atoms with Gasteiger partial charge < -0.3 is 10.1 Å². The fourth-order valence-electron chi connectivity index (χ4n) is 2.20. The first-order valence-corrected chi connectivity index (χ1v) is 6.95. The Hall–Kier alpha value is -1.10. The lowest BCUT2D eigenvalue weighted by Gasteiger charge is -2.27. The molecule has 0 aliphatic carbocycles. The molecular weight excluding hydrogens is 244 g/mol. The summed E-state index contributed by atoms with van der Waals surface area (Å²) in [6, 6.07) is -0.160. The van der Waals surface area contributed by atoms with Crippen LogP contribution >= 0.6 is 0 Å². The fraction of sp³-hybridized carbons (Fsp3) is 0.857. The lowest BCUT2D eigenvalue weighted by Crippen LogP contribution is -2.46. The summed E-state index contributed by atoms with van der Waals surface area (Å²) in [6.45, 7) is 10.5. The lowest BCUT2D eigenvalue weighted by molar-refractivity contribution is -0.160. The molecule has 0 unspecified atom stereocenters. The highest BCUT2D eigenvalue weighted by Gasteiger charge is 2.34. The maximum Gasteiger partial charge on any atom is 0.323 e. The SMILES string of the molecule is CC(C)NC(=O)CN1CCC[C@@H]1C(=O)OC(C)(C)C. The van der Waals surface area contributed by atoms with Gasteiger partial charge in [-0.3, -0.25) is 14.5 Å². The molecule has 5 nitrogen and oxygen atoms in total. The van der Waals surface area contributed by atoms with E-state index < -0.39 is 5.60 Å². The highest BCUT2D eigenvalue weighted by atomic mass is 16.6. The Labute approximate surface area is 115 Å². The zero-order valence-corrected chi connectivity index (χ0v) is 12.7. The van der Waals surface area contributed by atoms with Crippen molar-refractivity contribution < 1.29 is 14.3 Å². The van der Waals surface area contributed by atoms with Crippen molar-refractivity contribution in [3.63, 3.8) is 0 Å². The normalized spacial score (nSPS) is 20.6. The molecule has 1 amide bonds. The van der Waals surface area contributed by atoms with Gasteiger partial charge in [-0.05, 0) is 54.0 Å². The number of nitrogens with one attached hydrogen (secondary N) is 1. The van der Waals surface area contributed by atoms with Crippen LogP contribution < -0.4 is 5.32 Å². The Bertz CT molecular complexity index is 334. The predicted octanol–water partition coefficient (Wildman–Crippen LogP) is 1.32. The number of ether oxygens (including phenoxy) is 1. The molecule has 1 rings (SSSR count). The van der Waals surface area contributed by atoms with Crippen LogP contribution in [0.5, 0.6) is 0 Å². The Morgan fingerprint density at radius 2 is 2.00 bits per heavy atom. The van der Waals surface area contributed by atoms with E-state index >= 15 is 0 Å². The van der Waals surface area contributed by atoms with Crippen molar-refractivity contribution in [1.82, 2.24) is 10.2 Å². The van der Waals surface area contributed by atoms with Gasteiger partial charge in [-0.15, -0.1) is 0 Å². The van der Waals surface area contributed by atoms with Gasteiger partial charge in [0.25, 0.3) is 0 Å². The van der Waals surface area contributed by atoms with E-state index in [1.54, 1.807) is 0 Å².